The van der Waals surface area contributed by atoms with Crippen LogP contribution in [0.4, 0.5) is 5.95 Å². The number of carbonyl (C=O) groups excluding carboxylic acids is 1. The Morgan fingerprint density at radius 3 is 2.78 bits per heavy atom. The van der Waals surface area contributed by atoms with E-state index in [0.717, 1.165) is 5.56 Å². The van der Waals surface area contributed by atoms with Gasteiger partial charge in [-0.15, -0.1) is 0 Å². The Hall–Kier alpha value is -3.74. The van der Waals surface area contributed by atoms with Gasteiger partial charge in [0.05, 0.1) is 39.7 Å². The molecule has 0 fully saturated rings. The quantitative estimate of drug-likeness (QED) is 0.0919. The van der Waals surface area contributed by atoms with Gasteiger partial charge in [-0.2, -0.15) is 4.98 Å². The third-order valence-corrected chi connectivity index (χ3v) is 7.57. The molecule has 0 aliphatic rings. The van der Waals surface area contributed by atoms with Crippen molar-refractivity contribution >= 4 is 42.3 Å². The second-order valence-electron chi connectivity index (χ2n) is 8.80. The Labute approximate surface area is 240 Å². The average molecular weight is 606 g/mol. The summed E-state index contributed by atoms with van der Waals surface area (Å²) in [6, 6.07) is 11.9. The fraction of sp³-hybridized carbons (Fsp3) is 0.308. The first-order valence-corrected chi connectivity index (χ1v) is 14.5. The molecule has 0 aliphatic carbocycles. The highest BCUT2D eigenvalue weighted by Crippen LogP contribution is 2.49. The molecule has 1 unspecified atom stereocenters. The van der Waals surface area contributed by atoms with Crippen molar-refractivity contribution in [3.63, 3.8) is 0 Å². The maximum absolute atomic E-state index is 13.5. The van der Waals surface area contributed by atoms with Gasteiger partial charge in [0.15, 0.2) is 11.2 Å². The van der Waals surface area contributed by atoms with Gasteiger partial charge in [-0.3, -0.25) is 19.1 Å². The Kier molecular flexibility index (Phi) is 10.1. The van der Waals surface area contributed by atoms with Gasteiger partial charge in [0.1, 0.15) is 17.8 Å². The molecular weight excluding hydrogens is 577 g/mol. The summed E-state index contributed by atoms with van der Waals surface area (Å²) in [7, 11) is -2.31. The zero-order chi connectivity index (χ0) is 29.4. The summed E-state index contributed by atoms with van der Waals surface area (Å²) in [5.74, 6) is 0.258. The molecule has 13 nitrogen and oxygen atoms in total. The molecule has 1 atom stereocenters. The number of H-pyrrole nitrogens is 1. The lowest BCUT2D eigenvalue weighted by Gasteiger charge is -2.19. The molecule has 15 heteroatoms. The number of nitrogens with one attached hydrogen (secondary N) is 1. The fourth-order valence-electron chi connectivity index (χ4n) is 3.70. The van der Waals surface area contributed by atoms with Crippen LogP contribution in [0.15, 0.2) is 53.6 Å². The summed E-state index contributed by atoms with van der Waals surface area (Å²) in [4.78, 5) is 34.9. The summed E-state index contributed by atoms with van der Waals surface area (Å²) in [6.07, 6.45) is 0.834. The number of rotatable bonds is 14. The molecule has 2 aromatic heterocycles. The zero-order valence-electron chi connectivity index (χ0n) is 22.4. The van der Waals surface area contributed by atoms with E-state index < -0.39 is 25.5 Å². The molecule has 4 rings (SSSR count). The van der Waals surface area contributed by atoms with E-state index in [9.17, 15) is 14.2 Å². The normalized spacial score (nSPS) is 12.8. The summed E-state index contributed by atoms with van der Waals surface area (Å²) in [5.41, 5.74) is 7.16. The van der Waals surface area contributed by atoms with Crippen LogP contribution in [0.25, 0.3) is 11.2 Å². The number of nitrogens with two attached hydrogens (primary N) is 1. The summed E-state index contributed by atoms with van der Waals surface area (Å²) in [6.45, 7) is 1.86. The monoisotopic (exact) mass is 605 g/mol. The molecule has 218 valence electrons. The maximum atomic E-state index is 13.5. The first kappa shape index (κ1) is 30.2. The van der Waals surface area contributed by atoms with Crippen molar-refractivity contribution in [2.45, 2.75) is 26.5 Å². The number of aromatic nitrogens is 4. The fourth-order valence-corrected chi connectivity index (χ4v) is 5.20. The molecule has 0 radical (unpaired) electrons. The first-order chi connectivity index (χ1) is 19.7. The van der Waals surface area contributed by atoms with Gasteiger partial charge in [-0.25, -0.2) is 4.98 Å². The second kappa shape index (κ2) is 13.7. The van der Waals surface area contributed by atoms with E-state index in [0.29, 0.717) is 22.1 Å². The van der Waals surface area contributed by atoms with Gasteiger partial charge in [0.2, 0.25) is 5.95 Å². The number of halogens is 1. The van der Waals surface area contributed by atoms with E-state index in [2.05, 4.69) is 15.0 Å². The average Bonchev–Trinajstić information content (AvgIpc) is 3.34. The molecule has 0 spiro atoms. The van der Waals surface area contributed by atoms with Gasteiger partial charge in [0, 0.05) is 17.6 Å². The molecule has 0 aliphatic heterocycles. The number of hydrogen-bond donors (Lipinski definition) is 2. The van der Waals surface area contributed by atoms with Crippen molar-refractivity contribution in [3.05, 3.63) is 75.3 Å². The van der Waals surface area contributed by atoms with Crippen molar-refractivity contribution in [3.8, 4) is 11.5 Å². The van der Waals surface area contributed by atoms with Crippen molar-refractivity contribution < 1.29 is 32.6 Å². The lowest BCUT2D eigenvalue weighted by Crippen LogP contribution is -2.14. The van der Waals surface area contributed by atoms with Crippen LogP contribution in [0.1, 0.15) is 17.5 Å². The number of methoxy groups -OCH3 is 1. The number of fused-ring (bicyclic) bond motifs is 1. The Bertz CT molecular complexity index is 1630. The van der Waals surface area contributed by atoms with Crippen LogP contribution in [-0.4, -0.2) is 52.2 Å². The van der Waals surface area contributed by atoms with Crippen LogP contribution >= 0.6 is 19.2 Å². The number of aromatic amines is 1. The van der Waals surface area contributed by atoms with Gasteiger partial charge < -0.3 is 33.6 Å². The second-order valence-corrected chi connectivity index (χ2v) is 11.2. The Balaban J connectivity index is 1.34. The summed E-state index contributed by atoms with van der Waals surface area (Å²) in [5, 5.41) is 0.495. The minimum absolute atomic E-state index is 0.0440. The lowest BCUT2D eigenvalue weighted by atomic mass is 10.2. The number of nitrogen functional groups attached to an aromatic ring is 1. The number of hydrogen-bond acceptors (Lipinski definition) is 11. The molecule has 2 heterocycles. The topological polar surface area (TPSA) is 170 Å². The molecule has 2 aromatic carbocycles. The van der Waals surface area contributed by atoms with Crippen LogP contribution < -0.4 is 20.8 Å². The number of carbonyl (C=O) groups is 1. The van der Waals surface area contributed by atoms with E-state index >= 15 is 0 Å². The summed E-state index contributed by atoms with van der Waals surface area (Å²) < 4.78 is 42.5. The van der Waals surface area contributed by atoms with Crippen molar-refractivity contribution in [2.75, 3.05) is 32.4 Å². The minimum Gasteiger partial charge on any atom is -0.496 e. The number of nitrogens with zero attached hydrogens (tertiary/aromatic N) is 3. The molecular formula is C26H29ClN5O8P. The van der Waals surface area contributed by atoms with E-state index in [-0.39, 0.29) is 49.9 Å². The van der Waals surface area contributed by atoms with E-state index in [4.69, 9.17) is 40.6 Å². The molecule has 0 saturated heterocycles. The van der Waals surface area contributed by atoms with Gasteiger partial charge >= 0.3 is 13.6 Å². The maximum Gasteiger partial charge on any atom is 0.356 e. The van der Waals surface area contributed by atoms with E-state index in [1.165, 1.54) is 13.4 Å². The van der Waals surface area contributed by atoms with Crippen molar-refractivity contribution in [1.82, 2.24) is 19.5 Å². The number of aryl methyl sites for hydroxylation is 1. The number of esters is 1. The van der Waals surface area contributed by atoms with Crippen LogP contribution in [0.2, 0.25) is 5.02 Å². The molecule has 0 amide bonds. The van der Waals surface area contributed by atoms with E-state index in [1.54, 1.807) is 47.0 Å². The number of ether oxygens (including phenoxy) is 3. The van der Waals surface area contributed by atoms with Gasteiger partial charge in [0.25, 0.3) is 5.56 Å². The van der Waals surface area contributed by atoms with Crippen molar-refractivity contribution in [1.29, 1.82) is 0 Å². The molecule has 41 heavy (non-hydrogen) atoms. The lowest BCUT2D eigenvalue weighted by molar-refractivity contribution is -0.134. The Morgan fingerprint density at radius 2 is 2.00 bits per heavy atom. The number of imidazole rings is 1. The van der Waals surface area contributed by atoms with Crippen LogP contribution in [-0.2, 0) is 36.3 Å². The van der Waals surface area contributed by atoms with Crippen LogP contribution in [0.5, 0.6) is 11.5 Å². The SMILES string of the molecule is COc1cc(OC(=O)CCOP(=O)(COCCn2cnc3c(=O)[nH]c(N)nc32)OCc2cccc(Cl)c2)ccc1C. The van der Waals surface area contributed by atoms with E-state index in [1.807, 2.05) is 6.92 Å². The Morgan fingerprint density at radius 1 is 1.17 bits per heavy atom. The highest BCUT2D eigenvalue weighted by Gasteiger charge is 2.26. The minimum atomic E-state index is -3.84. The third-order valence-electron chi connectivity index (χ3n) is 5.74. The first-order valence-electron chi connectivity index (χ1n) is 12.4. The van der Waals surface area contributed by atoms with Gasteiger partial charge in [-0.05, 0) is 36.2 Å². The third kappa shape index (κ3) is 8.38. The number of benzene rings is 2. The van der Waals surface area contributed by atoms with Crippen molar-refractivity contribution in [2.24, 2.45) is 0 Å². The molecule has 0 saturated carbocycles. The van der Waals surface area contributed by atoms with Gasteiger partial charge in [-0.1, -0.05) is 29.8 Å². The highest BCUT2D eigenvalue weighted by atomic mass is 35.5. The largest absolute Gasteiger partial charge is 0.496 e. The highest BCUT2D eigenvalue weighted by molar-refractivity contribution is 7.53. The molecule has 0 bridgehead atoms. The van der Waals surface area contributed by atoms with Crippen LogP contribution in [0, 0.1) is 6.92 Å². The molecule has 3 N–H and O–H groups in total. The predicted octanol–water partition coefficient (Wildman–Crippen LogP) is 4.07. The van der Waals surface area contributed by atoms with Crippen LogP contribution in [0.3, 0.4) is 0 Å². The number of anilines is 1. The zero-order valence-corrected chi connectivity index (χ0v) is 24.0. The standard InChI is InChI=1S/C26H29ClN5O8P/c1-17-6-7-20(13-21(17)36-2)40-22(33)8-10-38-41(35,39-14-18-4-3-5-19(27)12-18)16-37-11-9-32-15-29-23-24(32)30-26(28)31-25(23)34/h3-7,12-13,15H,8-11,14,16H2,1-2H3,(H3,28,30,31,34). The molecule has 4 aromatic rings. The summed E-state index contributed by atoms with van der Waals surface area (Å²) >= 11 is 6.04. The predicted molar refractivity (Wildman–Crippen MR) is 151 cm³/mol. The smallest absolute Gasteiger partial charge is 0.356 e.